The molecule has 0 bridgehead atoms. The van der Waals surface area contributed by atoms with Crippen molar-refractivity contribution in [3.05, 3.63) is 70.6 Å². The van der Waals surface area contributed by atoms with Gasteiger partial charge in [0.05, 0.1) is 11.0 Å². The quantitative estimate of drug-likeness (QED) is 0.577. The molecule has 0 aliphatic carbocycles. The smallest absolute Gasteiger partial charge is 0.325 e. The predicted molar refractivity (Wildman–Crippen MR) is 108 cm³/mol. The maximum Gasteiger partial charge on any atom is 0.329 e. The number of imidazole rings is 1. The van der Waals surface area contributed by atoms with E-state index in [2.05, 4.69) is 10.3 Å². The summed E-state index contributed by atoms with van der Waals surface area (Å²) in [6, 6.07) is 15.0. The van der Waals surface area contributed by atoms with Gasteiger partial charge < -0.3 is 5.32 Å². The fraction of sp³-hybridized carbons (Fsp3) is 0.150. The number of fused-ring (bicyclic) bond motifs is 1. The predicted octanol–water partition coefficient (Wildman–Crippen LogP) is 3.59. The number of anilines is 1. The van der Waals surface area contributed by atoms with Gasteiger partial charge in [-0.1, -0.05) is 12.1 Å². The van der Waals surface area contributed by atoms with E-state index in [0.29, 0.717) is 12.2 Å². The molecule has 4 rings (SSSR count). The monoisotopic (exact) mass is 378 g/mol. The number of benzene rings is 2. The summed E-state index contributed by atoms with van der Waals surface area (Å²) < 4.78 is 3.18. The van der Waals surface area contributed by atoms with Gasteiger partial charge in [0.25, 0.3) is 0 Å². The van der Waals surface area contributed by atoms with E-state index >= 15 is 0 Å². The number of amides is 1. The molecular formula is C20H18N4O2S. The second-order valence-electron chi connectivity index (χ2n) is 6.06. The van der Waals surface area contributed by atoms with Gasteiger partial charge in [0.2, 0.25) is 5.91 Å². The first-order valence-corrected chi connectivity index (χ1v) is 9.53. The van der Waals surface area contributed by atoms with Crippen LogP contribution in [-0.4, -0.2) is 20.0 Å². The Bertz CT molecular complexity index is 1140. The van der Waals surface area contributed by atoms with Crippen LogP contribution < -0.4 is 11.0 Å². The van der Waals surface area contributed by atoms with Gasteiger partial charge in [0.1, 0.15) is 11.6 Å². The minimum Gasteiger partial charge on any atom is -0.325 e. The number of nitrogens with one attached hydrogen (secondary N) is 1. The van der Waals surface area contributed by atoms with E-state index in [4.69, 9.17) is 0 Å². The van der Waals surface area contributed by atoms with Crippen molar-refractivity contribution in [1.82, 2.24) is 14.1 Å². The Balaban J connectivity index is 1.54. The van der Waals surface area contributed by atoms with Crippen molar-refractivity contribution >= 4 is 34.0 Å². The molecule has 0 radical (unpaired) electrons. The molecule has 27 heavy (non-hydrogen) atoms. The topological polar surface area (TPSA) is 68.9 Å². The number of aryl methyl sites for hydroxylation is 1. The molecule has 4 aromatic rings. The minimum absolute atomic E-state index is 0.0272. The van der Waals surface area contributed by atoms with Crippen molar-refractivity contribution in [3.8, 4) is 10.6 Å². The van der Waals surface area contributed by atoms with Crippen LogP contribution in [0, 0.1) is 0 Å². The number of rotatable bonds is 5. The molecule has 0 saturated carbocycles. The van der Waals surface area contributed by atoms with Crippen LogP contribution in [0.5, 0.6) is 0 Å². The number of nitrogens with zero attached hydrogens (tertiary/aromatic N) is 3. The summed E-state index contributed by atoms with van der Waals surface area (Å²) in [4.78, 5) is 29.4. The molecule has 6 nitrogen and oxygen atoms in total. The summed E-state index contributed by atoms with van der Waals surface area (Å²) in [7, 11) is 0. The van der Waals surface area contributed by atoms with Crippen LogP contribution in [0.1, 0.15) is 6.92 Å². The highest BCUT2D eigenvalue weighted by molar-refractivity contribution is 7.13. The number of carbonyl (C=O) groups excluding carboxylic acids is 1. The van der Waals surface area contributed by atoms with Crippen molar-refractivity contribution in [1.29, 1.82) is 0 Å². The third-order valence-electron chi connectivity index (χ3n) is 4.39. The number of carbonyl (C=O) groups is 1. The van der Waals surface area contributed by atoms with Crippen molar-refractivity contribution in [2.75, 3.05) is 5.32 Å². The van der Waals surface area contributed by atoms with Crippen molar-refractivity contribution in [2.24, 2.45) is 0 Å². The molecule has 0 aliphatic rings. The molecule has 136 valence electrons. The van der Waals surface area contributed by atoms with Gasteiger partial charge in [-0.05, 0) is 43.3 Å². The zero-order valence-corrected chi connectivity index (χ0v) is 15.6. The van der Waals surface area contributed by atoms with Gasteiger partial charge in [0, 0.05) is 29.4 Å². The largest absolute Gasteiger partial charge is 0.329 e. The highest BCUT2D eigenvalue weighted by Gasteiger charge is 2.14. The van der Waals surface area contributed by atoms with Gasteiger partial charge in [-0.25, -0.2) is 9.78 Å². The molecule has 2 aromatic heterocycles. The number of hydrogen-bond donors (Lipinski definition) is 1. The molecule has 2 heterocycles. The highest BCUT2D eigenvalue weighted by atomic mass is 32.1. The molecule has 0 aliphatic heterocycles. The van der Waals surface area contributed by atoms with Crippen molar-refractivity contribution in [2.45, 2.75) is 20.0 Å². The Morgan fingerprint density at radius 1 is 1.07 bits per heavy atom. The third kappa shape index (κ3) is 3.29. The molecule has 1 amide bonds. The molecule has 0 saturated heterocycles. The number of aromatic nitrogens is 3. The lowest BCUT2D eigenvalue weighted by Gasteiger charge is -2.07. The average molecular weight is 378 g/mol. The van der Waals surface area contributed by atoms with Crippen LogP contribution in [0.15, 0.2) is 64.9 Å². The van der Waals surface area contributed by atoms with Crippen molar-refractivity contribution < 1.29 is 4.79 Å². The van der Waals surface area contributed by atoms with E-state index in [1.165, 1.54) is 4.57 Å². The van der Waals surface area contributed by atoms with E-state index in [1.54, 1.807) is 22.1 Å². The molecule has 1 N–H and O–H groups in total. The standard InChI is InChI=1S/C20H18N4O2S/c1-2-23-16-5-3-4-6-17(16)24(20(23)26)13-18(25)22-15-9-7-14(8-10-15)19-21-11-12-27-19/h3-12H,2,13H2,1H3,(H,22,25). The van der Waals surface area contributed by atoms with Crippen LogP contribution in [0.25, 0.3) is 21.6 Å². The molecule has 0 spiro atoms. The Hall–Kier alpha value is -3.19. The van der Waals surface area contributed by atoms with Gasteiger partial charge >= 0.3 is 5.69 Å². The Morgan fingerprint density at radius 3 is 2.41 bits per heavy atom. The SMILES string of the molecule is CCn1c(=O)n(CC(=O)Nc2ccc(-c3nccs3)cc2)c2ccccc21. The highest BCUT2D eigenvalue weighted by Crippen LogP contribution is 2.23. The van der Waals surface area contributed by atoms with E-state index in [0.717, 1.165) is 21.6 Å². The fourth-order valence-corrected chi connectivity index (χ4v) is 3.78. The van der Waals surface area contributed by atoms with Gasteiger partial charge in [0.15, 0.2) is 0 Å². The van der Waals surface area contributed by atoms with Crippen LogP contribution in [-0.2, 0) is 17.9 Å². The minimum atomic E-state index is -0.238. The van der Waals surface area contributed by atoms with Crippen LogP contribution >= 0.6 is 11.3 Å². The lowest BCUT2D eigenvalue weighted by Crippen LogP contribution is -2.29. The summed E-state index contributed by atoms with van der Waals surface area (Å²) in [5.41, 5.74) is 3.12. The van der Waals surface area contributed by atoms with Crippen LogP contribution in [0.4, 0.5) is 5.69 Å². The fourth-order valence-electron chi connectivity index (χ4n) is 3.14. The zero-order valence-electron chi connectivity index (χ0n) is 14.8. The third-order valence-corrected chi connectivity index (χ3v) is 5.21. The molecule has 0 fully saturated rings. The van der Waals surface area contributed by atoms with E-state index in [-0.39, 0.29) is 18.1 Å². The molecule has 7 heteroatoms. The van der Waals surface area contributed by atoms with E-state index in [9.17, 15) is 9.59 Å². The second kappa shape index (κ2) is 7.20. The Labute approximate surface area is 159 Å². The molecule has 0 unspecified atom stereocenters. The van der Waals surface area contributed by atoms with Crippen LogP contribution in [0.2, 0.25) is 0 Å². The molecule has 2 aromatic carbocycles. The first kappa shape index (κ1) is 17.2. The summed E-state index contributed by atoms with van der Waals surface area (Å²) in [6.45, 7) is 2.45. The number of hydrogen-bond acceptors (Lipinski definition) is 4. The number of thiazole rings is 1. The maximum absolute atomic E-state index is 12.6. The summed E-state index contributed by atoms with van der Waals surface area (Å²) in [6.07, 6.45) is 1.76. The number of para-hydroxylation sites is 2. The first-order chi connectivity index (χ1) is 13.2. The van der Waals surface area contributed by atoms with Gasteiger partial charge in [-0.2, -0.15) is 0 Å². The van der Waals surface area contributed by atoms with E-state index in [1.807, 2.05) is 60.8 Å². The Morgan fingerprint density at radius 2 is 1.78 bits per heavy atom. The lowest BCUT2D eigenvalue weighted by atomic mass is 10.2. The summed E-state index contributed by atoms with van der Waals surface area (Å²) in [5, 5.41) is 5.72. The lowest BCUT2D eigenvalue weighted by molar-refractivity contribution is -0.116. The summed E-state index contributed by atoms with van der Waals surface area (Å²) in [5.74, 6) is -0.238. The van der Waals surface area contributed by atoms with Gasteiger partial charge in [-0.3, -0.25) is 13.9 Å². The second-order valence-corrected chi connectivity index (χ2v) is 6.96. The van der Waals surface area contributed by atoms with E-state index < -0.39 is 0 Å². The van der Waals surface area contributed by atoms with Crippen LogP contribution in [0.3, 0.4) is 0 Å². The first-order valence-electron chi connectivity index (χ1n) is 8.65. The Kier molecular flexibility index (Phi) is 4.60. The maximum atomic E-state index is 12.6. The normalized spacial score (nSPS) is 11.0. The average Bonchev–Trinajstić information content (AvgIpc) is 3.30. The molecule has 0 atom stereocenters. The molecular weight excluding hydrogens is 360 g/mol. The zero-order chi connectivity index (χ0) is 18.8. The van der Waals surface area contributed by atoms with Crippen molar-refractivity contribution in [3.63, 3.8) is 0 Å². The van der Waals surface area contributed by atoms with Gasteiger partial charge in [-0.15, -0.1) is 11.3 Å². The summed E-state index contributed by atoms with van der Waals surface area (Å²) >= 11 is 1.57.